The fraction of sp³-hybridized carbons (Fsp3) is 0.667. The number of nitrogens with one attached hydrogen (secondary N) is 1. The van der Waals surface area contributed by atoms with Gasteiger partial charge in [0.25, 0.3) is 0 Å². The highest BCUT2D eigenvalue weighted by atomic mass is 16.5. The molecule has 1 N–H and O–H groups in total. The second kappa shape index (κ2) is 6.75. The Morgan fingerprint density at radius 2 is 2.32 bits per heavy atom. The second-order valence-corrected chi connectivity index (χ2v) is 5.51. The van der Waals surface area contributed by atoms with Gasteiger partial charge in [0.05, 0.1) is 13.3 Å². The van der Waals surface area contributed by atoms with Crippen molar-refractivity contribution in [1.29, 1.82) is 0 Å². The molecule has 1 aromatic heterocycles. The summed E-state index contributed by atoms with van der Waals surface area (Å²) < 4.78 is 5.17. The quantitative estimate of drug-likeness (QED) is 0.884. The largest absolute Gasteiger partial charge is 0.495 e. The zero-order valence-corrected chi connectivity index (χ0v) is 12.2. The maximum absolute atomic E-state index is 5.17. The maximum Gasteiger partial charge on any atom is 0.137 e. The van der Waals surface area contributed by atoms with Gasteiger partial charge in [0, 0.05) is 12.6 Å². The molecule has 1 saturated heterocycles. The minimum absolute atomic E-state index is 0.461. The molecule has 0 aromatic carbocycles. The number of hydrogen-bond donors (Lipinski definition) is 1. The first-order valence-electron chi connectivity index (χ1n) is 7.18. The van der Waals surface area contributed by atoms with E-state index in [1.165, 1.54) is 19.4 Å². The third-order valence-electron chi connectivity index (χ3n) is 3.73. The normalized spacial score (nSPS) is 19.5. The van der Waals surface area contributed by atoms with Crippen molar-refractivity contribution in [2.75, 3.05) is 31.6 Å². The van der Waals surface area contributed by atoms with E-state index in [2.05, 4.69) is 35.1 Å². The zero-order chi connectivity index (χ0) is 13.7. The molecule has 4 heteroatoms. The third kappa shape index (κ3) is 3.83. The van der Waals surface area contributed by atoms with E-state index in [1.54, 1.807) is 13.3 Å². The first-order valence-corrected chi connectivity index (χ1v) is 7.18. The molecule has 1 aromatic rings. The molecule has 0 aliphatic carbocycles. The van der Waals surface area contributed by atoms with Crippen molar-refractivity contribution in [2.45, 2.75) is 32.7 Å². The van der Waals surface area contributed by atoms with Gasteiger partial charge in [-0.25, -0.2) is 4.98 Å². The van der Waals surface area contributed by atoms with Crippen molar-refractivity contribution in [2.24, 2.45) is 5.92 Å². The highest BCUT2D eigenvalue weighted by Crippen LogP contribution is 2.21. The molecule has 2 heterocycles. The fourth-order valence-corrected chi connectivity index (χ4v) is 2.59. The minimum atomic E-state index is 0.461. The number of methoxy groups -OCH3 is 1. The van der Waals surface area contributed by atoms with Gasteiger partial charge in [-0.1, -0.05) is 0 Å². The van der Waals surface area contributed by atoms with Gasteiger partial charge in [0.1, 0.15) is 11.6 Å². The molecule has 0 bridgehead atoms. The highest BCUT2D eigenvalue weighted by Gasteiger charge is 2.19. The smallest absolute Gasteiger partial charge is 0.137 e. The number of ether oxygens (including phenoxy) is 1. The van der Waals surface area contributed by atoms with Gasteiger partial charge in [0.15, 0.2) is 0 Å². The number of aromatic nitrogens is 1. The van der Waals surface area contributed by atoms with E-state index < -0.39 is 0 Å². The van der Waals surface area contributed by atoms with Gasteiger partial charge in [0.2, 0.25) is 0 Å². The third-order valence-corrected chi connectivity index (χ3v) is 3.73. The van der Waals surface area contributed by atoms with Crippen LogP contribution in [-0.2, 0) is 0 Å². The average molecular weight is 263 g/mol. The highest BCUT2D eigenvalue weighted by molar-refractivity contribution is 5.41. The van der Waals surface area contributed by atoms with E-state index in [4.69, 9.17) is 4.74 Å². The Morgan fingerprint density at radius 1 is 1.47 bits per heavy atom. The van der Waals surface area contributed by atoms with E-state index in [0.717, 1.165) is 30.6 Å². The Kier molecular flexibility index (Phi) is 5.02. The van der Waals surface area contributed by atoms with E-state index >= 15 is 0 Å². The molecule has 2 rings (SSSR count). The molecule has 0 saturated carbocycles. The summed E-state index contributed by atoms with van der Waals surface area (Å²) >= 11 is 0. The van der Waals surface area contributed by atoms with Crippen LogP contribution in [0.5, 0.6) is 5.75 Å². The number of hydrogen-bond acceptors (Lipinski definition) is 4. The van der Waals surface area contributed by atoms with Crippen LogP contribution in [-0.4, -0.2) is 37.8 Å². The SMILES string of the molecule is COc1ccc(N(CC2CCCNC2)C(C)C)nc1. The van der Waals surface area contributed by atoms with Gasteiger partial charge in [-0.15, -0.1) is 0 Å². The van der Waals surface area contributed by atoms with Crippen molar-refractivity contribution in [3.8, 4) is 5.75 Å². The van der Waals surface area contributed by atoms with E-state index in [9.17, 15) is 0 Å². The molecular formula is C15H25N3O. The van der Waals surface area contributed by atoms with E-state index in [0.29, 0.717) is 6.04 Å². The van der Waals surface area contributed by atoms with Crippen LogP contribution < -0.4 is 15.0 Å². The Morgan fingerprint density at radius 3 is 2.84 bits per heavy atom. The van der Waals surface area contributed by atoms with Crippen LogP contribution in [0.3, 0.4) is 0 Å². The van der Waals surface area contributed by atoms with Crippen molar-refractivity contribution in [3.05, 3.63) is 18.3 Å². The Bertz CT molecular complexity index is 371. The summed E-state index contributed by atoms with van der Waals surface area (Å²) in [6.07, 6.45) is 4.39. The fourth-order valence-electron chi connectivity index (χ4n) is 2.59. The van der Waals surface area contributed by atoms with Gasteiger partial charge in [-0.05, 0) is 57.8 Å². The number of rotatable bonds is 5. The molecular weight excluding hydrogens is 238 g/mol. The summed E-state index contributed by atoms with van der Waals surface area (Å²) in [4.78, 5) is 6.90. The van der Waals surface area contributed by atoms with Crippen LogP contribution in [0.15, 0.2) is 18.3 Å². The first kappa shape index (κ1) is 14.1. The molecule has 1 atom stereocenters. The summed E-state index contributed by atoms with van der Waals surface area (Å²) in [6.45, 7) is 7.81. The summed E-state index contributed by atoms with van der Waals surface area (Å²) in [6, 6.07) is 4.49. The molecule has 1 aliphatic rings. The molecule has 4 nitrogen and oxygen atoms in total. The molecule has 106 valence electrons. The monoisotopic (exact) mass is 263 g/mol. The van der Waals surface area contributed by atoms with Crippen LogP contribution in [0, 0.1) is 5.92 Å². The van der Waals surface area contributed by atoms with Crippen LogP contribution in [0.4, 0.5) is 5.82 Å². The molecule has 1 unspecified atom stereocenters. The minimum Gasteiger partial charge on any atom is -0.495 e. The number of piperidine rings is 1. The maximum atomic E-state index is 5.17. The lowest BCUT2D eigenvalue weighted by atomic mass is 9.98. The van der Waals surface area contributed by atoms with Crippen LogP contribution in [0.1, 0.15) is 26.7 Å². The lowest BCUT2D eigenvalue weighted by Gasteiger charge is -2.33. The van der Waals surface area contributed by atoms with Gasteiger partial charge >= 0.3 is 0 Å². The predicted molar refractivity (Wildman–Crippen MR) is 78.9 cm³/mol. The van der Waals surface area contributed by atoms with Crippen molar-refractivity contribution in [3.63, 3.8) is 0 Å². The van der Waals surface area contributed by atoms with Crippen molar-refractivity contribution < 1.29 is 4.74 Å². The topological polar surface area (TPSA) is 37.4 Å². The second-order valence-electron chi connectivity index (χ2n) is 5.51. The molecule has 0 spiro atoms. The summed E-state index contributed by atoms with van der Waals surface area (Å²) in [5.74, 6) is 2.58. The predicted octanol–water partition coefficient (Wildman–Crippen LogP) is 2.30. The first-order chi connectivity index (χ1) is 9.20. The number of nitrogens with zero attached hydrogens (tertiary/aromatic N) is 2. The molecule has 1 aliphatic heterocycles. The van der Waals surface area contributed by atoms with Gasteiger partial charge in [-0.2, -0.15) is 0 Å². The molecule has 19 heavy (non-hydrogen) atoms. The summed E-state index contributed by atoms with van der Waals surface area (Å²) in [7, 11) is 1.67. The van der Waals surface area contributed by atoms with Crippen molar-refractivity contribution in [1.82, 2.24) is 10.3 Å². The number of anilines is 1. The van der Waals surface area contributed by atoms with Crippen LogP contribution >= 0.6 is 0 Å². The Balaban J connectivity index is 2.05. The molecule has 0 amide bonds. The van der Waals surface area contributed by atoms with Gasteiger partial charge < -0.3 is 15.0 Å². The lowest BCUT2D eigenvalue weighted by Crippen LogP contribution is -2.41. The lowest BCUT2D eigenvalue weighted by molar-refractivity contribution is 0.370. The van der Waals surface area contributed by atoms with Crippen molar-refractivity contribution >= 4 is 5.82 Å². The van der Waals surface area contributed by atoms with Crippen LogP contribution in [0.25, 0.3) is 0 Å². The molecule has 0 radical (unpaired) electrons. The van der Waals surface area contributed by atoms with Gasteiger partial charge in [-0.3, -0.25) is 0 Å². The molecule has 1 fully saturated rings. The number of pyridine rings is 1. The zero-order valence-electron chi connectivity index (χ0n) is 12.2. The van der Waals surface area contributed by atoms with E-state index in [-0.39, 0.29) is 0 Å². The van der Waals surface area contributed by atoms with Crippen LogP contribution in [0.2, 0.25) is 0 Å². The Labute approximate surface area is 116 Å². The summed E-state index contributed by atoms with van der Waals surface area (Å²) in [5, 5.41) is 3.48. The summed E-state index contributed by atoms with van der Waals surface area (Å²) in [5.41, 5.74) is 0. The standard InChI is InChI=1S/C15H25N3O/c1-12(2)18(11-13-5-4-8-16-9-13)15-7-6-14(19-3)10-17-15/h6-7,10,12-13,16H,4-5,8-9,11H2,1-3H3. The Hall–Kier alpha value is -1.29. The van der Waals surface area contributed by atoms with E-state index in [1.807, 2.05) is 6.07 Å². The average Bonchev–Trinajstić information content (AvgIpc) is 2.46.